The fourth-order valence-electron chi connectivity index (χ4n) is 0.692. The maximum Gasteiger partial charge on any atom is 0.261 e. The molecule has 0 saturated carbocycles. The highest BCUT2D eigenvalue weighted by Crippen LogP contribution is 1.97. The van der Waals surface area contributed by atoms with Crippen molar-refractivity contribution in [2.24, 2.45) is 5.73 Å². The maximum absolute atomic E-state index is 11.5. The molecule has 0 aromatic heterocycles. The van der Waals surface area contributed by atoms with E-state index in [4.69, 9.17) is 11.1 Å². The summed E-state index contributed by atoms with van der Waals surface area (Å²) < 4.78 is 27.6. The number of hydrogen-bond acceptors (Lipinski definition) is 2. The van der Waals surface area contributed by atoms with Crippen LogP contribution in [0.3, 0.4) is 0 Å². The maximum atomic E-state index is 11.5. The first-order valence-corrected chi connectivity index (χ1v) is 3.81. The molecule has 0 atom stereocenters. The van der Waals surface area contributed by atoms with Crippen LogP contribution in [0.5, 0.6) is 0 Å². The smallest absolute Gasteiger partial charge is 0.261 e. The lowest BCUT2D eigenvalue weighted by atomic mass is 10.2. The van der Waals surface area contributed by atoms with Crippen LogP contribution in [0.2, 0.25) is 0 Å². The normalized spacial score (nSPS) is 10.6. The van der Waals surface area contributed by atoms with Gasteiger partial charge in [0.25, 0.3) is 6.43 Å². The van der Waals surface area contributed by atoms with Gasteiger partial charge < -0.3 is 10.5 Å². The summed E-state index contributed by atoms with van der Waals surface area (Å²) in [5.41, 5.74) is 5.08. The van der Waals surface area contributed by atoms with Gasteiger partial charge in [-0.25, -0.2) is 8.78 Å². The van der Waals surface area contributed by atoms with Crippen LogP contribution in [-0.2, 0) is 4.74 Å². The van der Waals surface area contributed by atoms with E-state index in [1.54, 1.807) is 0 Å². The Balaban J connectivity index is 2.96. The largest absolute Gasteiger partial charge is 0.388 e. The highest BCUT2D eigenvalue weighted by atomic mass is 19.3. The molecule has 0 aromatic rings. The van der Waals surface area contributed by atoms with Gasteiger partial charge in [0.05, 0.1) is 5.84 Å². The standard InChI is InChI=1S/C7H14F2N2O/c8-6(9)5-12-4-2-1-3-7(10)11/h6H,1-5H2,(H3,10,11). The topological polar surface area (TPSA) is 59.1 Å². The summed E-state index contributed by atoms with van der Waals surface area (Å²) in [6.45, 7) is -0.183. The zero-order valence-corrected chi connectivity index (χ0v) is 6.85. The number of nitrogens with two attached hydrogens (primary N) is 1. The lowest BCUT2D eigenvalue weighted by Gasteiger charge is -2.02. The van der Waals surface area contributed by atoms with Gasteiger partial charge in [0.2, 0.25) is 0 Å². The molecule has 0 aliphatic heterocycles. The summed E-state index contributed by atoms with van der Waals surface area (Å²) in [7, 11) is 0. The van der Waals surface area contributed by atoms with Crippen LogP contribution in [0.1, 0.15) is 19.3 Å². The molecule has 0 amide bonds. The Bertz CT molecular complexity index is 131. The SMILES string of the molecule is N=C(N)CCCCOCC(F)F. The van der Waals surface area contributed by atoms with Gasteiger partial charge in [-0.2, -0.15) is 0 Å². The monoisotopic (exact) mass is 180 g/mol. The average Bonchev–Trinajstić information content (AvgIpc) is 1.95. The molecule has 12 heavy (non-hydrogen) atoms. The number of unbranched alkanes of at least 4 members (excludes halogenated alkanes) is 1. The van der Waals surface area contributed by atoms with Crippen molar-refractivity contribution in [1.82, 2.24) is 0 Å². The van der Waals surface area contributed by atoms with Crippen LogP contribution in [0.15, 0.2) is 0 Å². The minimum absolute atomic E-state index is 0.129. The molecule has 5 heteroatoms. The van der Waals surface area contributed by atoms with Gasteiger partial charge >= 0.3 is 0 Å². The summed E-state index contributed by atoms with van der Waals surface area (Å²) in [4.78, 5) is 0. The molecule has 3 nitrogen and oxygen atoms in total. The van der Waals surface area contributed by atoms with Crippen LogP contribution in [-0.4, -0.2) is 25.5 Å². The Labute approximate surface area is 70.4 Å². The van der Waals surface area contributed by atoms with Crippen molar-refractivity contribution in [2.45, 2.75) is 25.7 Å². The lowest BCUT2D eigenvalue weighted by molar-refractivity contribution is 0.0164. The van der Waals surface area contributed by atoms with Crippen LogP contribution in [0.4, 0.5) is 8.78 Å². The van der Waals surface area contributed by atoms with Crippen molar-refractivity contribution >= 4 is 5.84 Å². The molecule has 0 radical (unpaired) electrons. The number of alkyl halides is 2. The van der Waals surface area contributed by atoms with Gasteiger partial charge in [-0.15, -0.1) is 0 Å². The highest BCUT2D eigenvalue weighted by Gasteiger charge is 2.00. The summed E-state index contributed by atoms with van der Waals surface area (Å²) in [5, 5.41) is 6.86. The van der Waals surface area contributed by atoms with Crippen molar-refractivity contribution in [1.29, 1.82) is 5.41 Å². The number of nitrogens with one attached hydrogen (secondary N) is 1. The van der Waals surface area contributed by atoms with E-state index in [-0.39, 0.29) is 5.84 Å². The average molecular weight is 180 g/mol. The molecule has 0 aliphatic carbocycles. The van der Waals surface area contributed by atoms with Gasteiger partial charge in [0, 0.05) is 13.0 Å². The van der Waals surface area contributed by atoms with E-state index < -0.39 is 13.0 Å². The molecular weight excluding hydrogens is 166 g/mol. The van der Waals surface area contributed by atoms with Gasteiger partial charge in [-0.3, -0.25) is 5.41 Å². The summed E-state index contributed by atoms with van der Waals surface area (Å²) in [6.07, 6.45) is -0.485. The molecule has 0 aromatic carbocycles. The number of ether oxygens (including phenoxy) is 1. The highest BCUT2D eigenvalue weighted by molar-refractivity contribution is 5.76. The van der Waals surface area contributed by atoms with Crippen LogP contribution in [0, 0.1) is 5.41 Å². The molecular formula is C7H14F2N2O. The molecule has 0 saturated heterocycles. The van der Waals surface area contributed by atoms with E-state index in [0.717, 1.165) is 6.42 Å². The van der Waals surface area contributed by atoms with Crippen molar-refractivity contribution in [2.75, 3.05) is 13.2 Å². The van der Waals surface area contributed by atoms with Crippen LogP contribution < -0.4 is 5.73 Å². The third-order valence-corrected chi connectivity index (χ3v) is 1.23. The third-order valence-electron chi connectivity index (χ3n) is 1.23. The fraction of sp³-hybridized carbons (Fsp3) is 0.857. The van der Waals surface area contributed by atoms with Crippen molar-refractivity contribution in [3.63, 3.8) is 0 Å². The van der Waals surface area contributed by atoms with Crippen molar-refractivity contribution in [3.05, 3.63) is 0 Å². The molecule has 3 N–H and O–H groups in total. The summed E-state index contributed by atoms with van der Waals surface area (Å²) in [5.74, 6) is 0.129. The second kappa shape index (κ2) is 6.97. The van der Waals surface area contributed by atoms with Crippen molar-refractivity contribution < 1.29 is 13.5 Å². The first-order chi connectivity index (χ1) is 5.63. The summed E-state index contributed by atoms with van der Waals surface area (Å²) >= 11 is 0. The Morgan fingerprint density at radius 1 is 1.42 bits per heavy atom. The van der Waals surface area contributed by atoms with Crippen LogP contribution in [0.25, 0.3) is 0 Å². The van der Waals surface area contributed by atoms with E-state index in [1.807, 2.05) is 0 Å². The van der Waals surface area contributed by atoms with Gasteiger partial charge in [-0.1, -0.05) is 0 Å². The minimum atomic E-state index is -2.39. The number of hydrogen-bond donors (Lipinski definition) is 2. The Morgan fingerprint density at radius 3 is 2.58 bits per heavy atom. The Kier molecular flexibility index (Phi) is 6.55. The molecule has 0 fully saturated rings. The number of amidine groups is 1. The van der Waals surface area contributed by atoms with E-state index in [9.17, 15) is 8.78 Å². The van der Waals surface area contributed by atoms with Gasteiger partial charge in [0.1, 0.15) is 6.61 Å². The van der Waals surface area contributed by atoms with E-state index in [1.165, 1.54) is 0 Å². The molecule has 0 heterocycles. The summed E-state index contributed by atoms with van der Waals surface area (Å²) in [6, 6.07) is 0. The molecule has 0 bridgehead atoms. The molecule has 0 unspecified atom stereocenters. The first kappa shape index (κ1) is 11.3. The second-order valence-corrected chi connectivity index (χ2v) is 2.45. The Hall–Kier alpha value is -0.710. The van der Waals surface area contributed by atoms with Gasteiger partial charge in [-0.05, 0) is 12.8 Å². The fourth-order valence-corrected chi connectivity index (χ4v) is 0.692. The minimum Gasteiger partial charge on any atom is -0.388 e. The second-order valence-electron chi connectivity index (χ2n) is 2.45. The first-order valence-electron chi connectivity index (χ1n) is 3.81. The number of halogens is 2. The Morgan fingerprint density at radius 2 is 2.08 bits per heavy atom. The predicted octanol–water partition coefficient (Wildman–Crippen LogP) is 1.37. The molecule has 0 aliphatic rings. The van der Waals surface area contributed by atoms with E-state index >= 15 is 0 Å². The predicted molar refractivity (Wildman–Crippen MR) is 42.6 cm³/mol. The molecule has 72 valence electrons. The lowest BCUT2D eigenvalue weighted by Crippen LogP contribution is -2.10. The third kappa shape index (κ3) is 9.29. The number of rotatable bonds is 7. The quantitative estimate of drug-likeness (QED) is 0.353. The molecule has 0 rings (SSSR count). The zero-order valence-electron chi connectivity index (χ0n) is 6.85. The molecule has 0 spiro atoms. The van der Waals surface area contributed by atoms with Gasteiger partial charge in [0.15, 0.2) is 0 Å². The van der Waals surface area contributed by atoms with E-state index in [0.29, 0.717) is 19.4 Å². The zero-order chi connectivity index (χ0) is 9.40. The van der Waals surface area contributed by atoms with Crippen LogP contribution >= 0.6 is 0 Å². The van der Waals surface area contributed by atoms with Crippen molar-refractivity contribution in [3.8, 4) is 0 Å². The van der Waals surface area contributed by atoms with E-state index in [2.05, 4.69) is 4.74 Å².